The fourth-order valence-electron chi connectivity index (χ4n) is 3.52. The van der Waals surface area contributed by atoms with E-state index < -0.39 is 0 Å². The molecule has 0 aliphatic carbocycles. The van der Waals surface area contributed by atoms with Crippen LogP contribution in [0.15, 0.2) is 85.3 Å². The number of nitrogens with zero attached hydrogens (tertiary/aromatic N) is 4. The Labute approximate surface area is 168 Å². The zero-order valence-electron chi connectivity index (χ0n) is 15.8. The monoisotopic (exact) mass is 377 g/mol. The number of fused-ring (bicyclic) bond motifs is 2. The molecule has 2 aromatic carbocycles. The van der Waals surface area contributed by atoms with Crippen molar-refractivity contribution in [2.24, 2.45) is 0 Å². The number of hydrogen-bond donors (Lipinski definition) is 1. The molecule has 1 N–H and O–H groups in total. The number of nitrogens with one attached hydrogen (secondary N) is 1. The van der Waals surface area contributed by atoms with Crippen molar-refractivity contribution in [2.75, 3.05) is 11.9 Å². The minimum absolute atomic E-state index is 0.672. The summed E-state index contributed by atoms with van der Waals surface area (Å²) in [5, 5.41) is 5.69. The maximum absolute atomic E-state index is 4.79. The Hall–Kier alpha value is -3.86. The van der Waals surface area contributed by atoms with Gasteiger partial charge in [-0.15, -0.1) is 0 Å². The third-order valence-corrected chi connectivity index (χ3v) is 4.93. The van der Waals surface area contributed by atoms with E-state index >= 15 is 0 Å². The van der Waals surface area contributed by atoms with Crippen molar-refractivity contribution in [3.8, 4) is 11.4 Å². The predicted molar refractivity (Wildman–Crippen MR) is 117 cm³/mol. The normalized spacial score (nSPS) is 11.0. The topological polar surface area (TPSA) is 63.6 Å². The summed E-state index contributed by atoms with van der Waals surface area (Å²) in [6.45, 7) is 0.753. The lowest BCUT2D eigenvalue weighted by molar-refractivity contribution is 1.01. The van der Waals surface area contributed by atoms with Crippen LogP contribution >= 0.6 is 0 Å². The van der Waals surface area contributed by atoms with Crippen molar-refractivity contribution >= 4 is 27.6 Å². The molecular weight excluding hydrogens is 358 g/mol. The first-order valence-electron chi connectivity index (χ1n) is 9.62. The van der Waals surface area contributed by atoms with E-state index in [1.54, 1.807) is 12.4 Å². The SMILES string of the molecule is c1cncc(-c2nc(NCCc3cccc4cccnc34)c3ccccc3n2)c1. The van der Waals surface area contributed by atoms with Crippen molar-refractivity contribution in [1.29, 1.82) is 0 Å². The number of anilines is 1. The third kappa shape index (κ3) is 3.50. The molecule has 5 rings (SSSR count). The molecule has 0 spiro atoms. The second-order valence-corrected chi connectivity index (χ2v) is 6.82. The van der Waals surface area contributed by atoms with Crippen LogP contribution in [0.2, 0.25) is 0 Å². The van der Waals surface area contributed by atoms with Crippen molar-refractivity contribution in [1.82, 2.24) is 19.9 Å². The van der Waals surface area contributed by atoms with Gasteiger partial charge in [-0.05, 0) is 42.3 Å². The first-order valence-corrected chi connectivity index (χ1v) is 9.62. The molecule has 0 aliphatic rings. The van der Waals surface area contributed by atoms with Gasteiger partial charge >= 0.3 is 0 Å². The van der Waals surface area contributed by atoms with Gasteiger partial charge in [-0.1, -0.05) is 36.4 Å². The van der Waals surface area contributed by atoms with Gasteiger partial charge in [0.15, 0.2) is 5.82 Å². The molecule has 0 radical (unpaired) electrons. The van der Waals surface area contributed by atoms with Crippen LogP contribution in [0.5, 0.6) is 0 Å². The molecule has 5 nitrogen and oxygen atoms in total. The molecule has 3 aromatic heterocycles. The maximum Gasteiger partial charge on any atom is 0.163 e. The lowest BCUT2D eigenvalue weighted by Crippen LogP contribution is -2.08. The highest BCUT2D eigenvalue weighted by molar-refractivity contribution is 5.90. The van der Waals surface area contributed by atoms with Crippen molar-refractivity contribution < 1.29 is 0 Å². The summed E-state index contributed by atoms with van der Waals surface area (Å²) in [7, 11) is 0. The van der Waals surface area contributed by atoms with E-state index in [9.17, 15) is 0 Å². The Balaban J connectivity index is 1.45. The van der Waals surface area contributed by atoms with Crippen LogP contribution in [0.3, 0.4) is 0 Å². The molecule has 0 saturated heterocycles. The van der Waals surface area contributed by atoms with Crippen molar-refractivity contribution in [2.45, 2.75) is 6.42 Å². The second-order valence-electron chi connectivity index (χ2n) is 6.82. The van der Waals surface area contributed by atoms with E-state index in [-0.39, 0.29) is 0 Å². The minimum atomic E-state index is 0.672. The molecule has 5 aromatic rings. The summed E-state index contributed by atoms with van der Waals surface area (Å²) in [4.78, 5) is 18.2. The van der Waals surface area contributed by atoms with Crippen molar-refractivity contribution in [3.05, 3.63) is 90.9 Å². The van der Waals surface area contributed by atoms with Gasteiger partial charge in [0.25, 0.3) is 0 Å². The summed E-state index contributed by atoms with van der Waals surface area (Å²) in [6, 6.07) is 22.3. The van der Waals surface area contributed by atoms with Gasteiger partial charge < -0.3 is 5.32 Å². The van der Waals surface area contributed by atoms with Gasteiger partial charge in [0.1, 0.15) is 5.82 Å². The summed E-state index contributed by atoms with van der Waals surface area (Å²) >= 11 is 0. The lowest BCUT2D eigenvalue weighted by atomic mass is 10.1. The smallest absolute Gasteiger partial charge is 0.163 e. The highest BCUT2D eigenvalue weighted by Gasteiger charge is 2.09. The Morgan fingerprint density at radius 1 is 0.793 bits per heavy atom. The number of pyridine rings is 2. The largest absolute Gasteiger partial charge is 0.369 e. The van der Waals surface area contributed by atoms with Crippen LogP contribution in [-0.4, -0.2) is 26.5 Å². The Morgan fingerprint density at radius 2 is 1.69 bits per heavy atom. The highest BCUT2D eigenvalue weighted by atomic mass is 15.0. The quantitative estimate of drug-likeness (QED) is 0.472. The summed E-state index contributed by atoms with van der Waals surface area (Å²) in [5.41, 5.74) is 4.09. The van der Waals surface area contributed by atoms with Crippen LogP contribution in [0.25, 0.3) is 33.2 Å². The average molecular weight is 377 g/mol. The van der Waals surface area contributed by atoms with E-state index in [1.165, 1.54) is 5.56 Å². The van der Waals surface area contributed by atoms with Gasteiger partial charge in [-0.25, -0.2) is 9.97 Å². The predicted octanol–water partition coefficient (Wildman–Crippen LogP) is 4.89. The van der Waals surface area contributed by atoms with E-state index in [1.807, 2.05) is 48.7 Å². The fraction of sp³-hybridized carbons (Fsp3) is 0.0833. The molecule has 140 valence electrons. The number of para-hydroxylation sites is 2. The molecule has 0 atom stereocenters. The first kappa shape index (κ1) is 17.3. The highest BCUT2D eigenvalue weighted by Crippen LogP contribution is 2.24. The molecule has 0 amide bonds. The van der Waals surface area contributed by atoms with E-state index in [0.717, 1.165) is 46.2 Å². The lowest BCUT2D eigenvalue weighted by Gasteiger charge is -2.11. The maximum atomic E-state index is 4.79. The molecule has 0 saturated carbocycles. The average Bonchev–Trinajstić information content (AvgIpc) is 2.79. The molecule has 0 aliphatic heterocycles. The van der Waals surface area contributed by atoms with Crippen LogP contribution in [-0.2, 0) is 6.42 Å². The zero-order chi connectivity index (χ0) is 19.5. The summed E-state index contributed by atoms with van der Waals surface area (Å²) < 4.78 is 0. The molecule has 5 heteroatoms. The van der Waals surface area contributed by atoms with Gasteiger partial charge in [-0.3, -0.25) is 9.97 Å². The zero-order valence-corrected chi connectivity index (χ0v) is 15.8. The van der Waals surface area contributed by atoms with Gasteiger partial charge in [-0.2, -0.15) is 0 Å². The molecule has 0 fully saturated rings. The van der Waals surface area contributed by atoms with Gasteiger partial charge in [0.05, 0.1) is 11.0 Å². The molecule has 29 heavy (non-hydrogen) atoms. The molecule has 3 heterocycles. The Morgan fingerprint density at radius 3 is 2.62 bits per heavy atom. The minimum Gasteiger partial charge on any atom is -0.369 e. The van der Waals surface area contributed by atoms with Crippen LogP contribution in [0, 0.1) is 0 Å². The van der Waals surface area contributed by atoms with Gasteiger partial charge in [0, 0.05) is 41.5 Å². The molecular formula is C24H19N5. The number of rotatable bonds is 5. The van der Waals surface area contributed by atoms with E-state index in [0.29, 0.717) is 5.82 Å². The number of benzene rings is 2. The van der Waals surface area contributed by atoms with E-state index in [4.69, 9.17) is 9.97 Å². The van der Waals surface area contributed by atoms with Crippen LogP contribution < -0.4 is 5.32 Å². The fourth-order valence-corrected chi connectivity index (χ4v) is 3.52. The van der Waals surface area contributed by atoms with Crippen molar-refractivity contribution in [3.63, 3.8) is 0 Å². The van der Waals surface area contributed by atoms with Crippen LogP contribution in [0.4, 0.5) is 5.82 Å². The Bertz CT molecular complexity index is 1280. The van der Waals surface area contributed by atoms with Crippen LogP contribution in [0.1, 0.15) is 5.56 Å². The summed E-state index contributed by atoms with van der Waals surface area (Å²) in [5.74, 6) is 1.51. The molecule has 0 unspecified atom stereocenters. The van der Waals surface area contributed by atoms with Gasteiger partial charge in [0.2, 0.25) is 0 Å². The standard InChI is InChI=1S/C24H19N5/c1-2-11-21-20(10-1)24(29-23(28-21)19-9-4-13-25-16-19)27-15-12-18-7-3-6-17-8-5-14-26-22(17)18/h1-11,13-14,16H,12,15H2,(H,27,28,29). The van der Waals surface area contributed by atoms with E-state index in [2.05, 4.69) is 39.6 Å². The second kappa shape index (κ2) is 7.64. The third-order valence-electron chi connectivity index (χ3n) is 4.93. The number of hydrogen-bond acceptors (Lipinski definition) is 5. The summed E-state index contributed by atoms with van der Waals surface area (Å²) in [6.07, 6.45) is 6.24. The first-order chi connectivity index (χ1) is 14.4. The number of aromatic nitrogens is 4. The molecule has 0 bridgehead atoms. The Kier molecular flexibility index (Phi) is 4.54.